The van der Waals surface area contributed by atoms with E-state index < -0.39 is 0 Å². The maximum Gasteiger partial charge on any atom is 0.0124 e. The summed E-state index contributed by atoms with van der Waals surface area (Å²) in [5, 5.41) is 4.40. The normalized spacial score (nSPS) is 34.7. The van der Waals surface area contributed by atoms with Crippen molar-refractivity contribution >= 4 is 11.8 Å². The molecule has 0 aromatic carbocycles. The lowest BCUT2D eigenvalue weighted by molar-refractivity contribution is 0.191. The topological polar surface area (TPSA) is 15.3 Å². The lowest BCUT2D eigenvalue weighted by atomic mass is 9.85. The second kappa shape index (κ2) is 6.62. The monoisotopic (exact) mass is 268 g/mol. The third-order valence-corrected chi connectivity index (χ3v) is 6.50. The summed E-state index contributed by atoms with van der Waals surface area (Å²) in [5.41, 5.74) is 0. The molecule has 0 bridgehead atoms. The molecule has 2 unspecified atom stereocenters. The van der Waals surface area contributed by atoms with E-state index in [1.54, 1.807) is 0 Å². The van der Waals surface area contributed by atoms with Gasteiger partial charge in [-0.05, 0) is 57.7 Å². The van der Waals surface area contributed by atoms with Crippen LogP contribution in [-0.4, -0.2) is 48.1 Å². The summed E-state index contributed by atoms with van der Waals surface area (Å²) < 4.78 is 0. The van der Waals surface area contributed by atoms with Gasteiger partial charge in [0, 0.05) is 23.6 Å². The molecule has 3 rings (SSSR count). The van der Waals surface area contributed by atoms with Crippen LogP contribution in [0.25, 0.3) is 0 Å². The third kappa shape index (κ3) is 3.23. The molecule has 2 atom stereocenters. The maximum absolute atomic E-state index is 3.46. The molecule has 1 saturated carbocycles. The van der Waals surface area contributed by atoms with Crippen LogP contribution in [0.4, 0.5) is 0 Å². The zero-order valence-corrected chi connectivity index (χ0v) is 12.4. The fourth-order valence-electron chi connectivity index (χ4n) is 4.08. The van der Waals surface area contributed by atoms with Crippen LogP contribution >= 0.6 is 11.8 Å². The maximum atomic E-state index is 3.46. The molecule has 2 saturated heterocycles. The molecule has 104 valence electrons. The second-order valence-electron chi connectivity index (χ2n) is 6.26. The van der Waals surface area contributed by atoms with E-state index in [2.05, 4.69) is 22.0 Å². The smallest absolute Gasteiger partial charge is 0.0124 e. The lowest BCUT2D eigenvalue weighted by Crippen LogP contribution is -2.36. The summed E-state index contributed by atoms with van der Waals surface area (Å²) in [5.74, 6) is 2.43. The van der Waals surface area contributed by atoms with Crippen LogP contribution in [-0.2, 0) is 0 Å². The molecule has 0 aromatic heterocycles. The van der Waals surface area contributed by atoms with Gasteiger partial charge >= 0.3 is 0 Å². The van der Waals surface area contributed by atoms with E-state index in [9.17, 15) is 0 Å². The Kier molecular flexibility index (Phi) is 4.88. The van der Waals surface area contributed by atoms with Gasteiger partial charge in [-0.25, -0.2) is 0 Å². The van der Waals surface area contributed by atoms with Gasteiger partial charge in [-0.2, -0.15) is 11.8 Å². The van der Waals surface area contributed by atoms with Crippen molar-refractivity contribution in [1.29, 1.82) is 0 Å². The molecule has 1 N–H and O–H groups in total. The fourth-order valence-corrected chi connectivity index (χ4v) is 5.32. The largest absolute Gasteiger partial charge is 0.317 e. The molecular formula is C15H28N2S. The average Bonchev–Trinajstić information content (AvgIpc) is 2.84. The summed E-state index contributed by atoms with van der Waals surface area (Å²) >= 11 is 2.24. The van der Waals surface area contributed by atoms with Gasteiger partial charge in [0.1, 0.15) is 0 Å². The van der Waals surface area contributed by atoms with Crippen LogP contribution in [0.3, 0.4) is 0 Å². The highest BCUT2D eigenvalue weighted by Crippen LogP contribution is 2.36. The van der Waals surface area contributed by atoms with Gasteiger partial charge in [0.2, 0.25) is 0 Å². The minimum atomic E-state index is 0.941. The third-order valence-electron chi connectivity index (χ3n) is 5.14. The number of hydrogen-bond acceptors (Lipinski definition) is 3. The Morgan fingerprint density at radius 1 is 1.00 bits per heavy atom. The van der Waals surface area contributed by atoms with Gasteiger partial charge in [0.25, 0.3) is 0 Å². The Balaban J connectivity index is 1.37. The van der Waals surface area contributed by atoms with Crippen molar-refractivity contribution in [1.82, 2.24) is 10.2 Å². The molecule has 2 nitrogen and oxygen atoms in total. The highest BCUT2D eigenvalue weighted by Gasteiger charge is 2.35. The number of nitrogens with one attached hydrogen (secondary N) is 1. The van der Waals surface area contributed by atoms with Crippen molar-refractivity contribution in [3.05, 3.63) is 0 Å². The number of fused-ring (bicyclic) bond motifs is 1. The summed E-state index contributed by atoms with van der Waals surface area (Å²) in [4.78, 5) is 2.82. The van der Waals surface area contributed by atoms with Crippen molar-refractivity contribution in [2.24, 2.45) is 5.92 Å². The van der Waals surface area contributed by atoms with E-state index in [1.807, 2.05) is 0 Å². The van der Waals surface area contributed by atoms with Crippen molar-refractivity contribution in [2.45, 2.75) is 56.2 Å². The quantitative estimate of drug-likeness (QED) is 0.844. The molecule has 1 aliphatic carbocycles. The van der Waals surface area contributed by atoms with Gasteiger partial charge < -0.3 is 5.32 Å². The standard InChI is InChI=1S/C15H28N2S/c1-2-4-15-13(3-1)7-10-17(15)11-12-18-14-5-8-16-9-6-14/h13-16H,1-12H2. The van der Waals surface area contributed by atoms with E-state index in [0.717, 1.165) is 17.2 Å². The number of thioether (sulfide) groups is 1. The van der Waals surface area contributed by atoms with Gasteiger partial charge in [-0.15, -0.1) is 0 Å². The predicted molar refractivity (Wildman–Crippen MR) is 80.3 cm³/mol. The summed E-state index contributed by atoms with van der Waals surface area (Å²) in [6.45, 7) is 5.23. The lowest BCUT2D eigenvalue weighted by Gasteiger charge is -2.32. The Morgan fingerprint density at radius 2 is 1.83 bits per heavy atom. The van der Waals surface area contributed by atoms with Gasteiger partial charge in [0.15, 0.2) is 0 Å². The van der Waals surface area contributed by atoms with Crippen LogP contribution in [0.1, 0.15) is 44.9 Å². The first kappa shape index (κ1) is 13.3. The Morgan fingerprint density at radius 3 is 2.72 bits per heavy atom. The Hall–Kier alpha value is 0.270. The van der Waals surface area contributed by atoms with Crippen molar-refractivity contribution in [3.8, 4) is 0 Å². The molecule has 2 heterocycles. The Bertz CT molecular complexity index is 253. The molecule has 0 radical (unpaired) electrons. The van der Waals surface area contributed by atoms with E-state index in [1.165, 1.54) is 76.9 Å². The minimum absolute atomic E-state index is 0.941. The molecule has 18 heavy (non-hydrogen) atoms. The molecule has 0 aromatic rings. The van der Waals surface area contributed by atoms with Gasteiger partial charge in [-0.3, -0.25) is 4.90 Å². The van der Waals surface area contributed by atoms with E-state index in [-0.39, 0.29) is 0 Å². The number of rotatable bonds is 4. The van der Waals surface area contributed by atoms with Crippen LogP contribution in [0.5, 0.6) is 0 Å². The number of likely N-dealkylation sites (tertiary alicyclic amines) is 1. The van der Waals surface area contributed by atoms with Crippen molar-refractivity contribution in [3.63, 3.8) is 0 Å². The van der Waals surface area contributed by atoms with Gasteiger partial charge in [0.05, 0.1) is 0 Å². The minimum Gasteiger partial charge on any atom is -0.317 e. The van der Waals surface area contributed by atoms with Crippen LogP contribution < -0.4 is 5.32 Å². The van der Waals surface area contributed by atoms with Gasteiger partial charge in [-0.1, -0.05) is 12.8 Å². The first-order chi connectivity index (χ1) is 8.93. The first-order valence-electron chi connectivity index (χ1n) is 8.00. The summed E-state index contributed by atoms with van der Waals surface area (Å²) in [6, 6.07) is 0.965. The van der Waals surface area contributed by atoms with Crippen LogP contribution in [0.2, 0.25) is 0 Å². The van der Waals surface area contributed by atoms with Crippen molar-refractivity contribution < 1.29 is 0 Å². The first-order valence-corrected chi connectivity index (χ1v) is 9.05. The SMILES string of the molecule is C1CCC2C(C1)CCN2CCSC1CCNCC1. The number of piperidine rings is 1. The second-order valence-corrected chi connectivity index (χ2v) is 7.66. The highest BCUT2D eigenvalue weighted by molar-refractivity contribution is 7.99. The average molecular weight is 268 g/mol. The summed E-state index contributed by atoms with van der Waals surface area (Å²) in [7, 11) is 0. The molecule has 0 amide bonds. The molecule has 3 heteroatoms. The molecule has 3 fully saturated rings. The zero-order chi connectivity index (χ0) is 12.2. The number of hydrogen-bond donors (Lipinski definition) is 1. The fraction of sp³-hybridized carbons (Fsp3) is 1.00. The molecule has 3 aliphatic rings. The zero-order valence-electron chi connectivity index (χ0n) is 11.6. The highest BCUT2D eigenvalue weighted by atomic mass is 32.2. The molecular weight excluding hydrogens is 240 g/mol. The van der Waals surface area contributed by atoms with Crippen molar-refractivity contribution in [2.75, 3.05) is 31.9 Å². The van der Waals surface area contributed by atoms with E-state index >= 15 is 0 Å². The van der Waals surface area contributed by atoms with Crippen LogP contribution in [0.15, 0.2) is 0 Å². The predicted octanol–water partition coefficient (Wildman–Crippen LogP) is 2.74. The van der Waals surface area contributed by atoms with E-state index in [4.69, 9.17) is 0 Å². The van der Waals surface area contributed by atoms with Crippen LogP contribution in [0, 0.1) is 5.92 Å². The van der Waals surface area contributed by atoms with E-state index in [0.29, 0.717) is 0 Å². The molecule has 0 spiro atoms. The number of nitrogens with zero attached hydrogens (tertiary/aromatic N) is 1. The summed E-state index contributed by atoms with van der Waals surface area (Å²) in [6.07, 6.45) is 10.2. The Labute approximate surface area is 116 Å². The molecule has 2 aliphatic heterocycles.